The number of nitro benzene ring substituents is 2. The molecule has 2 saturated carbocycles. The van der Waals surface area contributed by atoms with Crippen molar-refractivity contribution in [2.75, 3.05) is 6.61 Å². The van der Waals surface area contributed by atoms with Crippen molar-refractivity contribution >= 4 is 23.3 Å². The van der Waals surface area contributed by atoms with Crippen LogP contribution in [0.1, 0.15) is 127 Å². The van der Waals surface area contributed by atoms with E-state index in [4.69, 9.17) is 9.72 Å². The van der Waals surface area contributed by atoms with Crippen LogP contribution in [0.4, 0.5) is 11.4 Å². The van der Waals surface area contributed by atoms with Crippen molar-refractivity contribution in [3.05, 3.63) is 103 Å². The second-order valence-corrected chi connectivity index (χ2v) is 13.1. The highest BCUT2D eigenvalue weighted by atomic mass is 16.6. The predicted octanol–water partition coefficient (Wildman–Crippen LogP) is 8.69. The number of ether oxygens (including phenoxy) is 1. The van der Waals surface area contributed by atoms with Gasteiger partial charge in [-0.3, -0.25) is 20.2 Å². The van der Waals surface area contributed by atoms with Crippen LogP contribution >= 0.6 is 0 Å². The number of carboxylic acid groups (broad SMARTS) is 1. The lowest BCUT2D eigenvalue weighted by Gasteiger charge is -2.22. The van der Waals surface area contributed by atoms with Crippen LogP contribution in [0.5, 0.6) is 0 Å². The van der Waals surface area contributed by atoms with Crippen molar-refractivity contribution in [2.24, 2.45) is 0 Å². The summed E-state index contributed by atoms with van der Waals surface area (Å²) in [6.45, 7) is 5.49. The van der Waals surface area contributed by atoms with Crippen LogP contribution in [0.15, 0.2) is 48.5 Å². The first-order chi connectivity index (χ1) is 25.0. The maximum atomic E-state index is 12.4. The predicted molar refractivity (Wildman–Crippen MR) is 192 cm³/mol. The largest absolute Gasteiger partial charge is 0.477 e. The molecule has 2 heterocycles. The molecule has 0 amide bonds. The number of hydrogen-bond acceptors (Lipinski definition) is 11. The molecule has 2 aromatic carbocycles. The van der Waals surface area contributed by atoms with Gasteiger partial charge in [-0.05, 0) is 70.7 Å². The number of nitrogens with zero attached hydrogens (tertiary/aromatic N) is 6. The summed E-state index contributed by atoms with van der Waals surface area (Å²) >= 11 is 0. The number of hydrogen-bond donors (Lipinski definition) is 1. The number of rotatable bonds is 9. The van der Waals surface area contributed by atoms with Gasteiger partial charge in [0.15, 0.2) is 11.4 Å². The van der Waals surface area contributed by atoms with Gasteiger partial charge in [-0.2, -0.15) is 0 Å². The third-order valence-electron chi connectivity index (χ3n) is 9.64. The van der Waals surface area contributed by atoms with Crippen molar-refractivity contribution in [3.63, 3.8) is 0 Å². The summed E-state index contributed by atoms with van der Waals surface area (Å²) in [7, 11) is 0. The van der Waals surface area contributed by atoms with Crippen molar-refractivity contribution in [1.82, 2.24) is 19.9 Å². The molecule has 2 fully saturated rings. The van der Waals surface area contributed by atoms with Gasteiger partial charge in [0, 0.05) is 58.4 Å². The molecule has 52 heavy (non-hydrogen) atoms. The molecule has 0 spiro atoms. The molecule has 0 atom stereocenters. The summed E-state index contributed by atoms with van der Waals surface area (Å²) < 4.78 is 5.17. The Labute approximate surface area is 301 Å². The number of carbonyl (C=O) groups is 2. The number of aromatic nitrogens is 4. The summed E-state index contributed by atoms with van der Waals surface area (Å²) in [6, 6.07) is 12.2. The van der Waals surface area contributed by atoms with E-state index in [9.17, 15) is 34.9 Å². The third-order valence-corrected chi connectivity index (χ3v) is 9.64. The van der Waals surface area contributed by atoms with Crippen LogP contribution in [0.25, 0.3) is 22.5 Å². The normalized spacial score (nSPS) is 14.9. The van der Waals surface area contributed by atoms with Gasteiger partial charge in [-0.15, -0.1) is 0 Å². The standard InChI is InChI=1S/C20H23N3O4.C18H19N3O4/c1-3-27-20(24)18-13(2)17(14-9-11-16(12-10-14)23(25)26)21-19(22-18)15-7-5-4-6-8-15;1-11-15(12-7-9-14(10-8-12)21(24)25)19-17(20-16(11)18(22)23)13-5-3-2-4-6-13/h9-12,15H,3-8H2,1-2H3;7-10,13H,2-6H2,1H3,(H,22,23). The molecule has 0 radical (unpaired) electrons. The first-order valence-corrected chi connectivity index (χ1v) is 17.7. The molecular weight excluding hydrogens is 668 g/mol. The average Bonchev–Trinajstić information content (AvgIpc) is 3.16. The fourth-order valence-corrected chi connectivity index (χ4v) is 6.81. The number of nitro groups is 2. The Morgan fingerprint density at radius 2 is 1.06 bits per heavy atom. The Hall–Kier alpha value is -5.66. The quantitative estimate of drug-likeness (QED) is 0.0985. The van der Waals surface area contributed by atoms with Crippen molar-refractivity contribution in [2.45, 2.75) is 96.8 Å². The minimum absolute atomic E-state index is 0.00364. The molecule has 14 heteroatoms. The lowest BCUT2D eigenvalue weighted by Crippen LogP contribution is -2.16. The Kier molecular flexibility index (Phi) is 12.3. The molecule has 1 N–H and O–H groups in total. The Bertz CT molecular complexity index is 1940. The monoisotopic (exact) mass is 710 g/mol. The van der Waals surface area contributed by atoms with E-state index in [1.165, 1.54) is 37.1 Å². The molecule has 272 valence electrons. The molecule has 0 saturated heterocycles. The van der Waals surface area contributed by atoms with Crippen LogP contribution in [0.2, 0.25) is 0 Å². The van der Waals surface area contributed by atoms with E-state index < -0.39 is 21.8 Å². The fraction of sp³-hybridized carbons (Fsp3) is 0.421. The van der Waals surface area contributed by atoms with Crippen LogP contribution < -0.4 is 0 Å². The van der Waals surface area contributed by atoms with E-state index in [0.717, 1.165) is 56.9 Å². The number of carboxylic acids is 1. The lowest BCUT2D eigenvalue weighted by molar-refractivity contribution is -0.385. The first-order valence-electron chi connectivity index (χ1n) is 17.7. The van der Waals surface area contributed by atoms with Gasteiger partial charge in [-0.25, -0.2) is 29.5 Å². The van der Waals surface area contributed by atoms with Gasteiger partial charge < -0.3 is 9.84 Å². The minimum Gasteiger partial charge on any atom is -0.477 e. The molecule has 2 aliphatic rings. The maximum absolute atomic E-state index is 12.4. The van der Waals surface area contributed by atoms with Crippen molar-refractivity contribution < 1.29 is 29.3 Å². The highest BCUT2D eigenvalue weighted by Crippen LogP contribution is 2.35. The summed E-state index contributed by atoms with van der Waals surface area (Å²) in [5, 5.41) is 31.2. The van der Waals surface area contributed by atoms with E-state index >= 15 is 0 Å². The second kappa shape index (κ2) is 17.0. The summed E-state index contributed by atoms with van der Waals surface area (Å²) in [5.41, 5.74) is 3.93. The highest BCUT2D eigenvalue weighted by molar-refractivity contribution is 5.91. The molecular formula is C38H42N6O8. The van der Waals surface area contributed by atoms with Gasteiger partial charge in [0.1, 0.15) is 11.6 Å². The zero-order chi connectivity index (χ0) is 37.4. The highest BCUT2D eigenvalue weighted by Gasteiger charge is 2.26. The molecule has 0 unspecified atom stereocenters. The van der Waals surface area contributed by atoms with Crippen LogP contribution in [0.3, 0.4) is 0 Å². The Balaban J connectivity index is 0.000000202. The molecule has 14 nitrogen and oxygen atoms in total. The summed E-state index contributed by atoms with van der Waals surface area (Å²) in [6.07, 6.45) is 10.8. The number of benzene rings is 2. The number of esters is 1. The molecule has 0 bridgehead atoms. The SMILES string of the molecule is CCOC(=O)c1nc(C2CCCCC2)nc(-c2ccc([N+](=O)[O-])cc2)c1C.Cc1c(C(=O)O)nc(C2CCCCC2)nc1-c1ccc([N+](=O)[O-])cc1. The van der Waals surface area contributed by atoms with E-state index in [1.807, 2.05) is 0 Å². The average molecular weight is 711 g/mol. The van der Waals surface area contributed by atoms with E-state index in [-0.39, 0.29) is 41.2 Å². The molecule has 4 aromatic rings. The first kappa shape index (κ1) is 37.6. The second-order valence-electron chi connectivity index (χ2n) is 13.1. The van der Waals surface area contributed by atoms with Crippen LogP contribution in [0, 0.1) is 34.1 Å². The number of aromatic carboxylic acids is 1. The zero-order valence-corrected chi connectivity index (χ0v) is 29.5. The van der Waals surface area contributed by atoms with Crippen molar-refractivity contribution in [3.8, 4) is 22.5 Å². The Morgan fingerprint density at radius 1 is 0.673 bits per heavy atom. The number of carbonyl (C=O) groups excluding carboxylic acids is 1. The van der Waals surface area contributed by atoms with E-state index in [0.29, 0.717) is 39.7 Å². The van der Waals surface area contributed by atoms with Gasteiger partial charge in [0.05, 0.1) is 27.8 Å². The van der Waals surface area contributed by atoms with Crippen LogP contribution in [-0.2, 0) is 4.74 Å². The van der Waals surface area contributed by atoms with Gasteiger partial charge in [0.25, 0.3) is 11.4 Å². The van der Waals surface area contributed by atoms with E-state index in [1.54, 1.807) is 45.0 Å². The summed E-state index contributed by atoms with van der Waals surface area (Å²) in [4.78, 5) is 63.1. The minimum atomic E-state index is -1.08. The van der Waals surface area contributed by atoms with Crippen molar-refractivity contribution in [1.29, 1.82) is 0 Å². The molecule has 0 aliphatic heterocycles. The molecule has 2 aliphatic carbocycles. The van der Waals surface area contributed by atoms with Crippen LogP contribution in [-0.4, -0.2) is 53.4 Å². The topological polar surface area (TPSA) is 201 Å². The fourth-order valence-electron chi connectivity index (χ4n) is 6.81. The van der Waals surface area contributed by atoms with Gasteiger partial charge >= 0.3 is 11.9 Å². The van der Waals surface area contributed by atoms with Gasteiger partial charge in [-0.1, -0.05) is 38.5 Å². The Morgan fingerprint density at radius 3 is 1.42 bits per heavy atom. The van der Waals surface area contributed by atoms with Gasteiger partial charge in [0.2, 0.25) is 0 Å². The third kappa shape index (κ3) is 8.79. The molecule has 2 aromatic heterocycles. The lowest BCUT2D eigenvalue weighted by atomic mass is 9.88. The number of non-ortho nitro benzene ring substituents is 2. The molecule has 6 rings (SSSR count). The van der Waals surface area contributed by atoms with E-state index in [2.05, 4.69) is 15.0 Å². The zero-order valence-electron chi connectivity index (χ0n) is 29.5. The smallest absolute Gasteiger partial charge is 0.357 e. The summed E-state index contributed by atoms with van der Waals surface area (Å²) in [5.74, 6) is 0.0825. The maximum Gasteiger partial charge on any atom is 0.357 e.